The molecule has 104 valence electrons. The molecule has 2 aromatic rings. The van der Waals surface area contributed by atoms with Crippen LogP contribution in [-0.4, -0.2) is 19.1 Å². The van der Waals surface area contributed by atoms with E-state index in [9.17, 15) is 4.79 Å². The molecule has 0 heterocycles. The average Bonchev–Trinajstić information content (AvgIpc) is 2.46. The van der Waals surface area contributed by atoms with Gasteiger partial charge >= 0.3 is 0 Å². The molecule has 0 saturated heterocycles. The first kappa shape index (κ1) is 13.9. The molecule has 2 N–H and O–H groups in total. The lowest BCUT2D eigenvalue weighted by Crippen LogP contribution is -2.37. The van der Waals surface area contributed by atoms with Gasteiger partial charge in [0.05, 0.1) is 0 Å². The number of benzene rings is 2. The van der Waals surface area contributed by atoms with E-state index in [1.807, 2.05) is 30.3 Å². The van der Waals surface area contributed by atoms with Crippen molar-refractivity contribution < 1.29 is 9.53 Å². The zero-order valence-electron chi connectivity index (χ0n) is 11.6. The molecule has 0 fully saturated rings. The number of ether oxygens (including phenoxy) is 1. The fourth-order valence-electron chi connectivity index (χ4n) is 1.89. The highest BCUT2D eigenvalue weighted by Crippen LogP contribution is 2.18. The van der Waals surface area contributed by atoms with Crippen LogP contribution in [0.25, 0.3) is 0 Å². The summed E-state index contributed by atoms with van der Waals surface area (Å²) in [6.45, 7) is 1.73. The summed E-state index contributed by atoms with van der Waals surface area (Å²) in [5, 5.41) is 0. The highest BCUT2D eigenvalue weighted by atomic mass is 16.5. The second kappa shape index (κ2) is 6.10. The van der Waals surface area contributed by atoms with Crippen LogP contribution in [0.3, 0.4) is 0 Å². The Labute approximate surface area is 118 Å². The van der Waals surface area contributed by atoms with Crippen molar-refractivity contribution in [3.8, 4) is 5.75 Å². The van der Waals surface area contributed by atoms with E-state index in [0.717, 1.165) is 5.69 Å². The van der Waals surface area contributed by atoms with Crippen molar-refractivity contribution in [2.45, 2.75) is 13.0 Å². The molecule has 4 heteroatoms. The number of nitrogen functional groups attached to an aromatic ring is 1. The smallest absolute Gasteiger partial charge is 0.267 e. The number of nitrogens with zero attached hydrogens (tertiary/aromatic N) is 1. The number of anilines is 2. The molecule has 0 aliphatic heterocycles. The molecule has 0 aliphatic rings. The van der Waals surface area contributed by atoms with Crippen molar-refractivity contribution in [1.29, 1.82) is 0 Å². The number of hydrogen-bond donors (Lipinski definition) is 1. The van der Waals surface area contributed by atoms with E-state index < -0.39 is 6.10 Å². The van der Waals surface area contributed by atoms with E-state index in [1.165, 1.54) is 0 Å². The number of para-hydroxylation sites is 1. The van der Waals surface area contributed by atoms with Gasteiger partial charge in [-0.25, -0.2) is 0 Å². The Morgan fingerprint density at radius 2 is 1.85 bits per heavy atom. The highest BCUT2D eigenvalue weighted by molar-refractivity contribution is 5.96. The van der Waals surface area contributed by atoms with Crippen LogP contribution >= 0.6 is 0 Å². The first-order valence-corrected chi connectivity index (χ1v) is 6.43. The fourth-order valence-corrected chi connectivity index (χ4v) is 1.89. The molecule has 2 rings (SSSR count). The van der Waals surface area contributed by atoms with Crippen molar-refractivity contribution in [2.24, 2.45) is 0 Å². The molecule has 2 aromatic carbocycles. The number of carbonyl (C=O) groups excluding carboxylic acids is 1. The molecule has 1 atom stereocenters. The van der Waals surface area contributed by atoms with Crippen LogP contribution in [0.4, 0.5) is 11.4 Å². The lowest BCUT2D eigenvalue weighted by molar-refractivity contribution is -0.124. The molecule has 0 radical (unpaired) electrons. The molecular weight excluding hydrogens is 252 g/mol. The molecule has 0 spiro atoms. The summed E-state index contributed by atoms with van der Waals surface area (Å²) in [6.07, 6.45) is -0.581. The topological polar surface area (TPSA) is 55.6 Å². The van der Waals surface area contributed by atoms with E-state index in [2.05, 4.69) is 0 Å². The van der Waals surface area contributed by atoms with Gasteiger partial charge in [-0.2, -0.15) is 0 Å². The minimum atomic E-state index is -0.581. The van der Waals surface area contributed by atoms with Crippen LogP contribution in [-0.2, 0) is 4.79 Å². The SMILES string of the molecule is CC(Oc1cccc(N)c1)C(=O)N(C)c1ccccc1. The van der Waals surface area contributed by atoms with Gasteiger partial charge in [-0.3, -0.25) is 4.79 Å². The predicted octanol–water partition coefficient (Wildman–Crippen LogP) is 2.70. The fraction of sp³-hybridized carbons (Fsp3) is 0.188. The summed E-state index contributed by atoms with van der Waals surface area (Å²) < 4.78 is 5.63. The molecule has 1 amide bonds. The summed E-state index contributed by atoms with van der Waals surface area (Å²) in [5.41, 5.74) is 7.13. The molecule has 0 aromatic heterocycles. The Bertz CT molecular complexity index is 584. The summed E-state index contributed by atoms with van der Waals surface area (Å²) >= 11 is 0. The van der Waals surface area contributed by atoms with Crippen LogP contribution in [0.1, 0.15) is 6.92 Å². The van der Waals surface area contributed by atoms with Gasteiger partial charge in [-0.15, -0.1) is 0 Å². The van der Waals surface area contributed by atoms with Gasteiger partial charge in [-0.05, 0) is 31.2 Å². The van der Waals surface area contributed by atoms with E-state index in [1.54, 1.807) is 43.1 Å². The predicted molar refractivity (Wildman–Crippen MR) is 80.8 cm³/mol. The monoisotopic (exact) mass is 270 g/mol. The number of rotatable bonds is 4. The largest absolute Gasteiger partial charge is 0.481 e. The van der Waals surface area contributed by atoms with Crippen LogP contribution in [0, 0.1) is 0 Å². The zero-order valence-corrected chi connectivity index (χ0v) is 11.6. The number of likely N-dealkylation sites (N-methyl/N-ethyl adjacent to an activating group) is 1. The second-order valence-corrected chi connectivity index (χ2v) is 4.57. The molecular formula is C16H18N2O2. The van der Waals surface area contributed by atoms with Gasteiger partial charge < -0.3 is 15.4 Å². The summed E-state index contributed by atoms with van der Waals surface area (Å²) in [5.74, 6) is 0.478. The summed E-state index contributed by atoms with van der Waals surface area (Å²) in [7, 11) is 1.73. The normalized spacial score (nSPS) is 11.7. The van der Waals surface area contributed by atoms with Crippen molar-refractivity contribution >= 4 is 17.3 Å². The third-order valence-corrected chi connectivity index (χ3v) is 2.99. The molecule has 20 heavy (non-hydrogen) atoms. The Hall–Kier alpha value is -2.49. The molecule has 1 unspecified atom stereocenters. The first-order valence-electron chi connectivity index (χ1n) is 6.43. The van der Waals surface area contributed by atoms with Gasteiger partial charge in [0, 0.05) is 24.5 Å². The van der Waals surface area contributed by atoms with Gasteiger partial charge in [-0.1, -0.05) is 24.3 Å². The standard InChI is InChI=1S/C16H18N2O2/c1-12(20-15-10-6-7-13(17)11-15)16(19)18(2)14-8-4-3-5-9-14/h3-12H,17H2,1-2H3. The molecule has 0 bridgehead atoms. The van der Waals surface area contributed by atoms with Crippen molar-refractivity contribution in [2.75, 3.05) is 17.7 Å². The van der Waals surface area contributed by atoms with Crippen LogP contribution < -0.4 is 15.4 Å². The third kappa shape index (κ3) is 3.29. The lowest BCUT2D eigenvalue weighted by Gasteiger charge is -2.22. The van der Waals surface area contributed by atoms with E-state index >= 15 is 0 Å². The Morgan fingerprint density at radius 1 is 1.15 bits per heavy atom. The number of amides is 1. The number of hydrogen-bond acceptors (Lipinski definition) is 3. The molecule has 0 saturated carbocycles. The summed E-state index contributed by atoms with van der Waals surface area (Å²) in [6, 6.07) is 16.5. The Morgan fingerprint density at radius 3 is 2.50 bits per heavy atom. The van der Waals surface area contributed by atoms with Gasteiger partial charge in [0.25, 0.3) is 5.91 Å². The average molecular weight is 270 g/mol. The van der Waals surface area contributed by atoms with E-state index in [-0.39, 0.29) is 5.91 Å². The lowest BCUT2D eigenvalue weighted by atomic mass is 10.2. The molecule has 0 aliphatic carbocycles. The maximum Gasteiger partial charge on any atom is 0.267 e. The van der Waals surface area contributed by atoms with Crippen LogP contribution in [0.5, 0.6) is 5.75 Å². The molecule has 4 nitrogen and oxygen atoms in total. The third-order valence-electron chi connectivity index (χ3n) is 2.99. The maximum absolute atomic E-state index is 12.3. The Balaban J connectivity index is 2.05. The summed E-state index contributed by atoms with van der Waals surface area (Å²) in [4.78, 5) is 13.9. The van der Waals surface area contributed by atoms with Gasteiger partial charge in [0.1, 0.15) is 5.75 Å². The van der Waals surface area contributed by atoms with Gasteiger partial charge in [0.2, 0.25) is 0 Å². The van der Waals surface area contributed by atoms with E-state index in [0.29, 0.717) is 11.4 Å². The van der Waals surface area contributed by atoms with Crippen molar-refractivity contribution in [3.05, 3.63) is 54.6 Å². The highest BCUT2D eigenvalue weighted by Gasteiger charge is 2.20. The Kier molecular flexibility index (Phi) is 4.25. The van der Waals surface area contributed by atoms with E-state index in [4.69, 9.17) is 10.5 Å². The first-order chi connectivity index (χ1) is 9.58. The van der Waals surface area contributed by atoms with Crippen LogP contribution in [0.15, 0.2) is 54.6 Å². The maximum atomic E-state index is 12.3. The number of carbonyl (C=O) groups is 1. The van der Waals surface area contributed by atoms with Crippen molar-refractivity contribution in [3.63, 3.8) is 0 Å². The van der Waals surface area contributed by atoms with Crippen LogP contribution in [0.2, 0.25) is 0 Å². The quantitative estimate of drug-likeness (QED) is 0.869. The second-order valence-electron chi connectivity index (χ2n) is 4.57. The van der Waals surface area contributed by atoms with Gasteiger partial charge in [0.15, 0.2) is 6.10 Å². The minimum absolute atomic E-state index is 0.112. The van der Waals surface area contributed by atoms with Crippen molar-refractivity contribution in [1.82, 2.24) is 0 Å². The minimum Gasteiger partial charge on any atom is -0.481 e. The zero-order chi connectivity index (χ0) is 14.5. The number of nitrogens with two attached hydrogens (primary N) is 1.